The number of hydrogen-bond donors (Lipinski definition) is 0. The standard InChI is InChI=1S/C9H15NO/c1-5-7-6-10-8(11-7)9(2,3)4/h6H,5H2,1-4H3. The van der Waals surface area contributed by atoms with Gasteiger partial charge in [0.1, 0.15) is 5.76 Å². The van der Waals surface area contributed by atoms with Crippen molar-refractivity contribution in [3.05, 3.63) is 17.8 Å². The zero-order chi connectivity index (χ0) is 8.48. The van der Waals surface area contributed by atoms with Gasteiger partial charge >= 0.3 is 0 Å². The van der Waals surface area contributed by atoms with E-state index >= 15 is 0 Å². The van der Waals surface area contributed by atoms with E-state index in [1.807, 2.05) is 0 Å². The maximum absolute atomic E-state index is 5.49. The lowest BCUT2D eigenvalue weighted by molar-refractivity contribution is 0.374. The first-order chi connectivity index (χ1) is 5.04. The molecule has 2 nitrogen and oxygen atoms in total. The van der Waals surface area contributed by atoms with Gasteiger partial charge in [0.2, 0.25) is 0 Å². The van der Waals surface area contributed by atoms with Crippen LogP contribution in [0.5, 0.6) is 0 Å². The molecule has 0 atom stereocenters. The number of rotatable bonds is 1. The van der Waals surface area contributed by atoms with Gasteiger partial charge in [-0.25, -0.2) is 4.98 Å². The minimum absolute atomic E-state index is 0.0351. The number of nitrogens with zero attached hydrogens (tertiary/aromatic N) is 1. The first-order valence-electron chi connectivity index (χ1n) is 3.99. The van der Waals surface area contributed by atoms with E-state index in [1.54, 1.807) is 6.20 Å². The van der Waals surface area contributed by atoms with Crippen molar-refractivity contribution in [1.29, 1.82) is 0 Å². The van der Waals surface area contributed by atoms with Gasteiger partial charge in [-0.05, 0) is 0 Å². The summed E-state index contributed by atoms with van der Waals surface area (Å²) in [5.74, 6) is 1.80. The van der Waals surface area contributed by atoms with Crippen molar-refractivity contribution in [2.75, 3.05) is 0 Å². The Balaban J connectivity index is 2.89. The quantitative estimate of drug-likeness (QED) is 0.619. The summed E-state index contributed by atoms with van der Waals surface area (Å²) in [5, 5.41) is 0. The summed E-state index contributed by atoms with van der Waals surface area (Å²) in [7, 11) is 0. The Morgan fingerprint density at radius 3 is 2.36 bits per heavy atom. The first-order valence-corrected chi connectivity index (χ1v) is 3.99. The molecule has 0 saturated carbocycles. The lowest BCUT2D eigenvalue weighted by atomic mass is 9.97. The second-order valence-electron chi connectivity index (χ2n) is 3.74. The van der Waals surface area contributed by atoms with Crippen LogP contribution in [0.4, 0.5) is 0 Å². The van der Waals surface area contributed by atoms with Gasteiger partial charge < -0.3 is 4.42 Å². The Kier molecular flexibility index (Phi) is 2.03. The minimum atomic E-state index is 0.0351. The predicted octanol–water partition coefficient (Wildman–Crippen LogP) is 2.53. The third-order valence-electron chi connectivity index (χ3n) is 1.54. The maximum atomic E-state index is 5.49. The van der Waals surface area contributed by atoms with Crippen LogP contribution in [0.3, 0.4) is 0 Å². The van der Waals surface area contributed by atoms with E-state index in [9.17, 15) is 0 Å². The average molecular weight is 153 g/mol. The maximum Gasteiger partial charge on any atom is 0.199 e. The van der Waals surface area contributed by atoms with Crippen LogP contribution < -0.4 is 0 Å². The molecule has 0 fully saturated rings. The lowest BCUT2D eigenvalue weighted by Gasteiger charge is -2.11. The van der Waals surface area contributed by atoms with Crippen LogP contribution in [-0.4, -0.2) is 4.98 Å². The molecule has 0 spiro atoms. The molecule has 0 radical (unpaired) electrons. The number of aromatic nitrogens is 1. The van der Waals surface area contributed by atoms with Crippen molar-refractivity contribution in [2.45, 2.75) is 39.5 Å². The molecule has 1 aromatic rings. The molecule has 0 aliphatic rings. The first kappa shape index (κ1) is 8.31. The Labute approximate surface area is 67.6 Å². The number of oxazole rings is 1. The van der Waals surface area contributed by atoms with Crippen LogP contribution in [0.2, 0.25) is 0 Å². The third-order valence-corrected chi connectivity index (χ3v) is 1.54. The van der Waals surface area contributed by atoms with Crippen molar-refractivity contribution >= 4 is 0 Å². The van der Waals surface area contributed by atoms with Crippen molar-refractivity contribution in [3.8, 4) is 0 Å². The average Bonchev–Trinajstić information content (AvgIpc) is 2.32. The summed E-state index contributed by atoms with van der Waals surface area (Å²) in [6.07, 6.45) is 2.73. The monoisotopic (exact) mass is 153 g/mol. The zero-order valence-corrected chi connectivity index (χ0v) is 7.64. The summed E-state index contributed by atoms with van der Waals surface area (Å²) in [6, 6.07) is 0. The Hall–Kier alpha value is -0.790. The second kappa shape index (κ2) is 2.68. The van der Waals surface area contributed by atoms with Gasteiger partial charge in [-0.1, -0.05) is 27.7 Å². The van der Waals surface area contributed by atoms with Gasteiger partial charge in [0.05, 0.1) is 6.20 Å². The summed E-state index contributed by atoms with van der Waals surface area (Å²) in [6.45, 7) is 8.35. The normalized spacial score (nSPS) is 12.0. The fourth-order valence-corrected chi connectivity index (χ4v) is 0.818. The molecule has 0 aromatic carbocycles. The third kappa shape index (κ3) is 1.82. The molecule has 1 heterocycles. The molecule has 1 rings (SSSR count). The van der Waals surface area contributed by atoms with Crippen molar-refractivity contribution in [3.63, 3.8) is 0 Å². The highest BCUT2D eigenvalue weighted by atomic mass is 16.4. The fraction of sp³-hybridized carbons (Fsp3) is 0.667. The highest BCUT2D eigenvalue weighted by Crippen LogP contribution is 2.21. The van der Waals surface area contributed by atoms with Crippen LogP contribution in [0, 0.1) is 0 Å². The van der Waals surface area contributed by atoms with Crippen LogP contribution in [0.15, 0.2) is 10.6 Å². The molecule has 62 valence electrons. The fourth-order valence-electron chi connectivity index (χ4n) is 0.818. The molecule has 11 heavy (non-hydrogen) atoms. The summed E-state index contributed by atoms with van der Waals surface area (Å²) >= 11 is 0. The van der Waals surface area contributed by atoms with Crippen LogP contribution in [0.25, 0.3) is 0 Å². The molecule has 0 aliphatic carbocycles. The number of hydrogen-bond acceptors (Lipinski definition) is 2. The van der Waals surface area contributed by atoms with Crippen LogP contribution in [0.1, 0.15) is 39.3 Å². The van der Waals surface area contributed by atoms with Crippen molar-refractivity contribution in [2.24, 2.45) is 0 Å². The molecule has 0 amide bonds. The van der Waals surface area contributed by atoms with E-state index in [-0.39, 0.29) is 5.41 Å². The molecule has 0 bridgehead atoms. The number of aryl methyl sites for hydroxylation is 1. The van der Waals surface area contributed by atoms with E-state index in [0.717, 1.165) is 18.1 Å². The molecule has 0 aliphatic heterocycles. The highest BCUT2D eigenvalue weighted by molar-refractivity contribution is 5.01. The smallest absolute Gasteiger partial charge is 0.199 e. The van der Waals surface area contributed by atoms with Gasteiger partial charge in [0.25, 0.3) is 0 Å². The minimum Gasteiger partial charge on any atom is -0.445 e. The van der Waals surface area contributed by atoms with E-state index < -0.39 is 0 Å². The largest absolute Gasteiger partial charge is 0.445 e. The van der Waals surface area contributed by atoms with Crippen LogP contribution in [-0.2, 0) is 11.8 Å². The van der Waals surface area contributed by atoms with Gasteiger partial charge in [-0.3, -0.25) is 0 Å². The van der Waals surface area contributed by atoms with E-state index in [2.05, 4.69) is 32.7 Å². The topological polar surface area (TPSA) is 26.0 Å². The molecule has 0 unspecified atom stereocenters. The molecular weight excluding hydrogens is 138 g/mol. The highest BCUT2D eigenvalue weighted by Gasteiger charge is 2.19. The Bertz CT molecular complexity index is 232. The molecular formula is C9H15NO. The van der Waals surface area contributed by atoms with Crippen molar-refractivity contribution in [1.82, 2.24) is 4.98 Å². The predicted molar refractivity (Wildman–Crippen MR) is 44.6 cm³/mol. The molecule has 2 heteroatoms. The zero-order valence-electron chi connectivity index (χ0n) is 7.64. The van der Waals surface area contributed by atoms with Gasteiger partial charge in [-0.2, -0.15) is 0 Å². The van der Waals surface area contributed by atoms with Crippen LogP contribution >= 0.6 is 0 Å². The SMILES string of the molecule is CCc1cnc(C(C)(C)C)o1. The second-order valence-corrected chi connectivity index (χ2v) is 3.74. The summed E-state index contributed by atoms with van der Waals surface area (Å²) in [4.78, 5) is 4.19. The Morgan fingerprint density at radius 2 is 2.09 bits per heavy atom. The van der Waals surface area contributed by atoms with Gasteiger partial charge in [0, 0.05) is 11.8 Å². The molecule has 1 aromatic heterocycles. The van der Waals surface area contributed by atoms with Gasteiger partial charge in [-0.15, -0.1) is 0 Å². The van der Waals surface area contributed by atoms with E-state index in [4.69, 9.17) is 4.42 Å². The van der Waals surface area contributed by atoms with Gasteiger partial charge in [0.15, 0.2) is 5.89 Å². The lowest BCUT2D eigenvalue weighted by Crippen LogP contribution is -2.10. The summed E-state index contributed by atoms with van der Waals surface area (Å²) in [5.41, 5.74) is 0.0351. The molecule has 0 saturated heterocycles. The van der Waals surface area contributed by atoms with E-state index in [1.165, 1.54) is 0 Å². The molecule has 0 N–H and O–H groups in total. The van der Waals surface area contributed by atoms with E-state index in [0.29, 0.717) is 0 Å². The van der Waals surface area contributed by atoms with Crippen molar-refractivity contribution < 1.29 is 4.42 Å². The Morgan fingerprint density at radius 1 is 1.45 bits per heavy atom. The summed E-state index contributed by atoms with van der Waals surface area (Å²) < 4.78 is 5.49.